The van der Waals surface area contributed by atoms with Crippen LogP contribution in [-0.2, 0) is 56.0 Å². The van der Waals surface area contributed by atoms with Gasteiger partial charge in [-0.1, -0.05) is 92.7 Å². The van der Waals surface area contributed by atoms with E-state index in [2.05, 4.69) is 0 Å². The first-order valence-corrected chi connectivity index (χ1v) is 21.8. The molecule has 6 rings (SSSR count). The second-order valence-electron chi connectivity index (χ2n) is 17.8. The first-order valence-electron chi connectivity index (χ1n) is 21.8. The van der Waals surface area contributed by atoms with Crippen molar-refractivity contribution < 1.29 is 120 Å². The number of rotatable bonds is 10. The van der Waals surface area contributed by atoms with Crippen molar-refractivity contribution in [2.24, 2.45) is 5.92 Å². The van der Waals surface area contributed by atoms with E-state index in [0.29, 0.717) is 23.5 Å². The minimum Gasteiger partial charge on any atom is -0.294 e. The van der Waals surface area contributed by atoms with Crippen LogP contribution in [0.3, 0.4) is 0 Å². The smallest absolute Gasteiger partial charge is 0.294 e. The Labute approximate surface area is 424 Å². The van der Waals surface area contributed by atoms with Crippen LogP contribution in [0.1, 0.15) is 85.5 Å². The molecule has 0 radical (unpaired) electrons. The highest BCUT2D eigenvalue weighted by atomic mass is 19.4. The predicted octanol–water partition coefficient (Wildman–Crippen LogP) is 14.3. The second kappa shape index (κ2) is 21.7. The van der Waals surface area contributed by atoms with Gasteiger partial charge >= 0.3 is 49.4 Å². The molecule has 6 aromatic rings. The molecule has 28 heteroatoms. The van der Waals surface area contributed by atoms with Crippen molar-refractivity contribution >= 4 is 39.6 Å². The number of alkyl halides is 24. The molecule has 1 aromatic heterocycles. The van der Waals surface area contributed by atoms with Crippen LogP contribution in [0.4, 0.5) is 105 Å². The van der Waals surface area contributed by atoms with Gasteiger partial charge in [-0.15, -0.1) is 0 Å². The van der Waals surface area contributed by atoms with Crippen LogP contribution in [0.5, 0.6) is 0 Å². The zero-order valence-corrected chi connectivity index (χ0v) is 39.0. The van der Waals surface area contributed by atoms with Gasteiger partial charge < -0.3 is 0 Å². The van der Waals surface area contributed by atoms with Crippen molar-refractivity contribution in [2.75, 3.05) is 0 Å². The first kappa shape index (κ1) is 61.8. The van der Waals surface area contributed by atoms with Gasteiger partial charge in [-0.2, -0.15) is 132 Å². The number of nitrogens with zero attached hydrogens (tertiary/aromatic N) is 1. The number of aromatic nitrogens is 1. The monoisotopic (exact) mass is 1150 g/mol. The summed E-state index contributed by atoms with van der Waals surface area (Å²) in [6, 6.07) is 3.96. The molecular formula is C50H32BF24NO2. The molecule has 0 bridgehead atoms. The summed E-state index contributed by atoms with van der Waals surface area (Å²) in [6.07, 6.45) is -50.7. The second-order valence-corrected chi connectivity index (χ2v) is 17.8. The molecule has 0 aliphatic rings. The lowest BCUT2D eigenvalue weighted by atomic mass is 9.12. The van der Waals surface area contributed by atoms with Crippen LogP contribution in [0.15, 0.2) is 128 Å². The fraction of sp³-hybridized carbons (Fsp3) is 0.260. The molecule has 1 heterocycles. The van der Waals surface area contributed by atoms with Crippen molar-refractivity contribution in [1.29, 1.82) is 0 Å². The van der Waals surface area contributed by atoms with Crippen LogP contribution in [-0.4, -0.2) is 17.7 Å². The van der Waals surface area contributed by atoms with Gasteiger partial charge in [0.1, 0.15) is 6.15 Å². The Morgan fingerprint density at radius 2 is 0.590 bits per heavy atom. The highest BCUT2D eigenvalue weighted by Gasteiger charge is 2.47. The maximum atomic E-state index is 14.2. The van der Waals surface area contributed by atoms with Gasteiger partial charge in [0, 0.05) is 29.7 Å². The first-order chi connectivity index (χ1) is 35.3. The minimum absolute atomic E-state index is 0.0573. The van der Waals surface area contributed by atoms with Crippen LogP contribution in [0, 0.1) is 5.92 Å². The fourth-order valence-corrected chi connectivity index (χ4v) is 8.19. The number of hydrogen-bond donors (Lipinski definition) is 0. The number of Topliss-reactive ketones (excluding diaryl/α,β-unsaturated/α-hetero) is 2. The van der Waals surface area contributed by atoms with Crippen LogP contribution in [0.2, 0.25) is 0 Å². The van der Waals surface area contributed by atoms with Crippen LogP contribution < -0.4 is 26.4 Å². The number of carbonyl (C=O) groups excluding carboxylic acids is 2. The molecule has 78 heavy (non-hydrogen) atoms. The maximum Gasteiger partial charge on any atom is 0.416 e. The Balaban J connectivity index is 0.000000443. The highest BCUT2D eigenvalue weighted by molar-refractivity contribution is 7.20. The average Bonchev–Trinajstić information content (AvgIpc) is 3.30. The number of pyridine rings is 1. The average molecular weight is 1150 g/mol. The molecule has 0 fully saturated rings. The summed E-state index contributed by atoms with van der Waals surface area (Å²) in [5.41, 5.74) is -28.8. The molecule has 0 aliphatic heterocycles. The van der Waals surface area contributed by atoms with Crippen molar-refractivity contribution in [3.05, 3.63) is 183 Å². The SMILES string of the molecule is CC(C)CC(=O)c1cc[n+](CC(=O)c2ccccc2)cc1.FC(F)(F)c1cc([B-](c2cc(C(F)(F)F)cc(C(F)(F)F)c2)(c2cc(C(F)(F)F)cc(C(F)(F)F)c2)c2cc(C(F)(F)F)cc(C(F)(F)F)c2)cc(C(F)(F)F)c1. The minimum atomic E-state index is -6.13. The van der Waals surface area contributed by atoms with Crippen molar-refractivity contribution in [3.63, 3.8) is 0 Å². The van der Waals surface area contributed by atoms with E-state index in [9.17, 15) is 115 Å². The van der Waals surface area contributed by atoms with Crippen LogP contribution in [0.25, 0.3) is 0 Å². The Kier molecular flexibility index (Phi) is 17.2. The summed E-state index contributed by atoms with van der Waals surface area (Å²) in [5.74, 6) is 0.554. The third kappa shape index (κ3) is 14.8. The Morgan fingerprint density at radius 1 is 0.359 bits per heavy atom. The summed E-state index contributed by atoms with van der Waals surface area (Å²) in [6.45, 7) is 4.34. The van der Waals surface area contributed by atoms with Gasteiger partial charge in [0.15, 0.2) is 18.2 Å². The normalized spacial score (nSPS) is 13.3. The fourth-order valence-electron chi connectivity index (χ4n) is 8.19. The van der Waals surface area contributed by atoms with Gasteiger partial charge in [0.25, 0.3) is 0 Å². The molecule has 0 spiro atoms. The van der Waals surface area contributed by atoms with Crippen molar-refractivity contribution in [3.8, 4) is 0 Å². The van der Waals surface area contributed by atoms with E-state index in [1.807, 2.05) is 44.2 Å². The molecule has 0 N–H and O–H groups in total. The van der Waals surface area contributed by atoms with Crippen LogP contribution >= 0.6 is 0 Å². The molecular weight excluding hydrogens is 1110 g/mol. The zero-order chi connectivity index (χ0) is 59.2. The molecule has 0 atom stereocenters. The standard InChI is InChI=1S/C32H12BF24.C18H20NO2/c34-25(35,36)13-1-14(26(37,38)39)6-21(5-13)33(22-7-15(27(40,41)42)2-16(8-22)28(43,44)45,23-9-17(29(46,47)48)3-18(10-23)30(49,50)51)24-11-19(31(52,53)54)4-20(12-24)32(55,56)57;1-14(2)12-17(20)16-8-10-19(11-9-16)13-18(21)15-6-4-3-5-7-15/h1-12H;3-11,14H,12-13H2,1-2H3/q-1;+1. The molecule has 0 saturated heterocycles. The van der Waals surface area contributed by atoms with E-state index in [0.717, 1.165) is 0 Å². The molecule has 5 aromatic carbocycles. The number of ketones is 2. The number of hydrogen-bond acceptors (Lipinski definition) is 2. The van der Waals surface area contributed by atoms with E-state index >= 15 is 0 Å². The number of benzene rings is 5. The zero-order valence-electron chi connectivity index (χ0n) is 39.0. The summed E-state index contributed by atoms with van der Waals surface area (Å²) in [7, 11) is 0. The molecule has 0 saturated carbocycles. The van der Waals surface area contributed by atoms with Gasteiger partial charge in [-0.3, -0.25) is 9.59 Å². The third-order valence-electron chi connectivity index (χ3n) is 11.7. The number of halogens is 24. The summed E-state index contributed by atoms with van der Waals surface area (Å²) in [4.78, 5) is 24.0. The maximum absolute atomic E-state index is 14.2. The Hall–Kier alpha value is -7.03. The van der Waals surface area contributed by atoms with Crippen molar-refractivity contribution in [1.82, 2.24) is 0 Å². The molecule has 3 nitrogen and oxygen atoms in total. The lowest BCUT2D eigenvalue weighted by molar-refractivity contribution is -0.683. The lowest BCUT2D eigenvalue weighted by Crippen LogP contribution is -2.75. The Bertz CT molecular complexity index is 2690. The van der Waals surface area contributed by atoms with E-state index in [1.165, 1.54) is 0 Å². The van der Waals surface area contributed by atoms with E-state index in [1.54, 1.807) is 29.1 Å². The lowest BCUT2D eigenvalue weighted by Gasteiger charge is -2.46. The van der Waals surface area contributed by atoms with E-state index in [-0.39, 0.29) is 18.1 Å². The Morgan fingerprint density at radius 3 is 0.808 bits per heavy atom. The molecule has 0 unspecified atom stereocenters. The highest BCUT2D eigenvalue weighted by Crippen LogP contribution is 2.41. The van der Waals surface area contributed by atoms with E-state index < -0.39 is 195 Å². The quantitative estimate of drug-likeness (QED) is 0.0593. The third-order valence-corrected chi connectivity index (χ3v) is 11.7. The molecule has 0 aliphatic carbocycles. The van der Waals surface area contributed by atoms with Gasteiger partial charge in [-0.05, 0) is 30.2 Å². The predicted molar refractivity (Wildman–Crippen MR) is 231 cm³/mol. The topological polar surface area (TPSA) is 38.0 Å². The largest absolute Gasteiger partial charge is 0.416 e. The molecule has 0 amide bonds. The summed E-state index contributed by atoms with van der Waals surface area (Å²) < 4.78 is 343. The van der Waals surface area contributed by atoms with E-state index in [4.69, 9.17) is 0 Å². The summed E-state index contributed by atoms with van der Waals surface area (Å²) in [5, 5.41) is 0. The summed E-state index contributed by atoms with van der Waals surface area (Å²) >= 11 is 0. The van der Waals surface area contributed by atoms with Gasteiger partial charge in [0.05, 0.1) is 44.5 Å². The van der Waals surface area contributed by atoms with Crippen molar-refractivity contribution in [2.45, 2.75) is 76.2 Å². The number of carbonyl (C=O) groups is 2. The van der Waals surface area contributed by atoms with Gasteiger partial charge in [0.2, 0.25) is 12.3 Å². The van der Waals surface area contributed by atoms with Gasteiger partial charge in [-0.25, -0.2) is 0 Å². The molecule has 420 valence electrons.